The van der Waals surface area contributed by atoms with Crippen LogP contribution < -0.4 is 11.5 Å². The number of thioether (sulfide) groups is 1. The van der Waals surface area contributed by atoms with E-state index < -0.39 is 0 Å². The van der Waals surface area contributed by atoms with Gasteiger partial charge in [0.1, 0.15) is 33.9 Å². The predicted octanol–water partition coefficient (Wildman–Crippen LogP) is 2.68. The maximum atomic E-state index is 9.32. The van der Waals surface area contributed by atoms with Gasteiger partial charge in [0, 0.05) is 5.02 Å². The summed E-state index contributed by atoms with van der Waals surface area (Å²) in [5.41, 5.74) is 14.8. The van der Waals surface area contributed by atoms with Crippen LogP contribution in [0.15, 0.2) is 23.2 Å². The Kier molecular flexibility index (Phi) is 3.45. The summed E-state index contributed by atoms with van der Waals surface area (Å²) in [6.45, 7) is 0. The molecule has 0 unspecified atom stereocenters. The van der Waals surface area contributed by atoms with Gasteiger partial charge in [0.15, 0.2) is 11.5 Å². The Hall–Kier alpha value is -2.96. The van der Waals surface area contributed by atoms with Crippen molar-refractivity contribution in [3.8, 4) is 17.5 Å². The number of nitrogens with two attached hydrogens (primary N) is 2. The van der Waals surface area contributed by atoms with Crippen molar-refractivity contribution >= 4 is 51.7 Å². The highest BCUT2D eigenvalue weighted by atomic mass is 35.5. The lowest BCUT2D eigenvalue weighted by molar-refractivity contribution is 0.845. The number of nitrogen functional groups attached to an aromatic ring is 2. The number of anilines is 2. The van der Waals surface area contributed by atoms with Crippen LogP contribution in [-0.2, 0) is 0 Å². The van der Waals surface area contributed by atoms with E-state index in [1.165, 1.54) is 16.3 Å². The fourth-order valence-corrected chi connectivity index (χ4v) is 3.50. The molecule has 0 atom stereocenters. The molecule has 10 heteroatoms. The number of hydrogen-bond acceptors (Lipinski definition) is 7. The molecule has 8 nitrogen and oxygen atoms in total. The lowest BCUT2D eigenvalue weighted by Crippen LogP contribution is -2.04. The summed E-state index contributed by atoms with van der Waals surface area (Å²) in [4.78, 5) is 12.0. The van der Waals surface area contributed by atoms with E-state index >= 15 is 0 Å². The smallest absolute Gasteiger partial charge is 0.171 e. The minimum Gasteiger partial charge on any atom is -0.382 e. The molecule has 4 rings (SSSR count). The van der Waals surface area contributed by atoms with Gasteiger partial charge in [-0.05, 0) is 24.5 Å². The van der Waals surface area contributed by atoms with Crippen molar-refractivity contribution in [2.75, 3.05) is 17.7 Å². The summed E-state index contributed by atoms with van der Waals surface area (Å²) in [5, 5.41) is 14.8. The van der Waals surface area contributed by atoms with Gasteiger partial charge in [-0.1, -0.05) is 11.6 Å². The molecule has 124 valence electrons. The van der Waals surface area contributed by atoms with E-state index in [-0.39, 0.29) is 17.2 Å². The van der Waals surface area contributed by atoms with Gasteiger partial charge in [0.2, 0.25) is 0 Å². The van der Waals surface area contributed by atoms with Gasteiger partial charge in [-0.3, -0.25) is 0 Å². The first-order chi connectivity index (χ1) is 12.0. The van der Waals surface area contributed by atoms with Crippen molar-refractivity contribution in [1.29, 1.82) is 5.26 Å². The van der Waals surface area contributed by atoms with Crippen LogP contribution in [0, 0.1) is 11.3 Å². The number of H-pyrrole nitrogens is 1. The Labute approximate surface area is 150 Å². The standard InChI is InChI=1S/C15H11ClN8S/c1-25-15-7(5-17)11(18)22-14-10(12(19)23-24(14)15)13-20-8-3-2-6(16)4-9(8)21-13/h2-4H,1H3,(H2,18,22)(H2,19,23)(H,20,21). The second kappa shape index (κ2) is 5.54. The number of aromatic amines is 1. The molecule has 0 saturated carbocycles. The number of nitrogens with zero attached hydrogens (tertiary/aromatic N) is 5. The molecule has 0 radical (unpaired) electrons. The number of rotatable bonds is 2. The second-order valence-corrected chi connectivity index (χ2v) is 6.47. The first-order valence-electron chi connectivity index (χ1n) is 7.11. The molecule has 0 bridgehead atoms. The van der Waals surface area contributed by atoms with Crippen molar-refractivity contribution in [1.82, 2.24) is 24.6 Å². The highest BCUT2D eigenvalue weighted by Crippen LogP contribution is 2.34. The summed E-state index contributed by atoms with van der Waals surface area (Å²) in [6.07, 6.45) is 1.83. The zero-order valence-corrected chi connectivity index (χ0v) is 14.5. The maximum Gasteiger partial charge on any atom is 0.171 e. The third-order valence-electron chi connectivity index (χ3n) is 3.76. The van der Waals surface area contributed by atoms with Crippen LogP contribution in [0.5, 0.6) is 0 Å². The Morgan fingerprint density at radius 1 is 1.28 bits per heavy atom. The van der Waals surface area contributed by atoms with Gasteiger partial charge in [-0.15, -0.1) is 16.9 Å². The molecule has 0 amide bonds. The maximum absolute atomic E-state index is 9.32. The molecular formula is C15H11ClN8S. The van der Waals surface area contributed by atoms with Crippen molar-refractivity contribution in [3.05, 3.63) is 28.8 Å². The predicted molar refractivity (Wildman–Crippen MR) is 98.4 cm³/mol. The Morgan fingerprint density at radius 3 is 2.80 bits per heavy atom. The Bertz CT molecular complexity index is 1190. The summed E-state index contributed by atoms with van der Waals surface area (Å²) < 4.78 is 1.52. The molecule has 0 fully saturated rings. The van der Waals surface area contributed by atoms with Crippen LogP contribution in [0.3, 0.4) is 0 Å². The molecule has 0 aliphatic heterocycles. The molecule has 3 heterocycles. The molecule has 0 aliphatic carbocycles. The van der Waals surface area contributed by atoms with Crippen molar-refractivity contribution in [2.24, 2.45) is 0 Å². The number of imidazole rings is 1. The monoisotopic (exact) mass is 370 g/mol. The molecule has 3 aromatic heterocycles. The highest BCUT2D eigenvalue weighted by Gasteiger charge is 2.22. The van der Waals surface area contributed by atoms with Gasteiger partial charge in [-0.2, -0.15) is 5.26 Å². The van der Waals surface area contributed by atoms with Crippen LogP contribution in [0.4, 0.5) is 11.6 Å². The first-order valence-corrected chi connectivity index (χ1v) is 8.71. The van der Waals surface area contributed by atoms with E-state index in [0.717, 1.165) is 11.0 Å². The molecule has 5 N–H and O–H groups in total. The highest BCUT2D eigenvalue weighted by molar-refractivity contribution is 7.98. The van der Waals surface area contributed by atoms with E-state index in [4.69, 9.17) is 23.1 Å². The van der Waals surface area contributed by atoms with E-state index in [9.17, 15) is 5.26 Å². The second-order valence-electron chi connectivity index (χ2n) is 5.24. The first kappa shape index (κ1) is 15.6. The van der Waals surface area contributed by atoms with Gasteiger partial charge >= 0.3 is 0 Å². The normalized spacial score (nSPS) is 11.2. The van der Waals surface area contributed by atoms with Crippen LogP contribution in [0.25, 0.3) is 28.1 Å². The number of nitrogens with one attached hydrogen (secondary N) is 1. The minimum atomic E-state index is 0.125. The van der Waals surface area contributed by atoms with Crippen molar-refractivity contribution in [3.63, 3.8) is 0 Å². The minimum absolute atomic E-state index is 0.125. The van der Waals surface area contributed by atoms with Crippen LogP contribution in [-0.4, -0.2) is 30.8 Å². The summed E-state index contributed by atoms with van der Waals surface area (Å²) in [7, 11) is 0. The number of aromatic nitrogens is 5. The zero-order chi connectivity index (χ0) is 17.7. The van der Waals surface area contributed by atoms with Gasteiger partial charge in [0.05, 0.1) is 11.0 Å². The molecular weight excluding hydrogens is 360 g/mol. The lowest BCUT2D eigenvalue weighted by Gasteiger charge is -2.06. The number of fused-ring (bicyclic) bond motifs is 2. The Balaban J connectivity index is 2.06. The SMILES string of the molecule is CSc1c(C#N)c(N)nc2c(-c3nc4ccc(Cl)cc4[nH]3)c(N)nn12. The fraction of sp³-hybridized carbons (Fsp3) is 0.0667. The largest absolute Gasteiger partial charge is 0.382 e. The van der Waals surface area contributed by atoms with E-state index in [1.54, 1.807) is 12.1 Å². The topological polar surface area (TPSA) is 135 Å². The Morgan fingerprint density at radius 2 is 2.08 bits per heavy atom. The zero-order valence-electron chi connectivity index (χ0n) is 12.9. The molecule has 0 saturated heterocycles. The quantitative estimate of drug-likeness (QED) is 0.364. The average Bonchev–Trinajstić information content (AvgIpc) is 3.12. The summed E-state index contributed by atoms with van der Waals surface area (Å²) in [5.74, 6) is 0.871. The van der Waals surface area contributed by atoms with Crippen LogP contribution in [0.1, 0.15) is 5.56 Å². The number of benzene rings is 1. The van der Waals surface area contributed by atoms with Gasteiger partial charge < -0.3 is 16.5 Å². The molecule has 4 aromatic rings. The number of halogens is 1. The van der Waals surface area contributed by atoms with Gasteiger partial charge in [0.25, 0.3) is 0 Å². The van der Waals surface area contributed by atoms with E-state index in [1.807, 2.05) is 12.3 Å². The van der Waals surface area contributed by atoms with E-state index in [0.29, 0.717) is 27.1 Å². The van der Waals surface area contributed by atoms with E-state index in [2.05, 4.69) is 26.1 Å². The third kappa shape index (κ3) is 2.26. The molecule has 0 spiro atoms. The number of hydrogen-bond donors (Lipinski definition) is 3. The fourth-order valence-electron chi connectivity index (χ4n) is 2.68. The van der Waals surface area contributed by atoms with Crippen molar-refractivity contribution in [2.45, 2.75) is 5.03 Å². The molecule has 0 aliphatic rings. The molecule has 25 heavy (non-hydrogen) atoms. The van der Waals surface area contributed by atoms with Crippen LogP contribution in [0.2, 0.25) is 5.02 Å². The number of nitriles is 1. The summed E-state index contributed by atoms with van der Waals surface area (Å²) in [6, 6.07) is 7.40. The van der Waals surface area contributed by atoms with Crippen LogP contribution >= 0.6 is 23.4 Å². The average molecular weight is 371 g/mol. The molecule has 1 aromatic carbocycles. The van der Waals surface area contributed by atoms with Crippen molar-refractivity contribution < 1.29 is 0 Å². The summed E-state index contributed by atoms with van der Waals surface area (Å²) >= 11 is 7.36. The van der Waals surface area contributed by atoms with Gasteiger partial charge in [-0.25, -0.2) is 14.5 Å². The third-order valence-corrected chi connectivity index (χ3v) is 4.76. The lowest BCUT2D eigenvalue weighted by atomic mass is 10.3.